The number of rotatable bonds is 0. The Kier molecular flexibility index (Phi) is 4.71. The summed E-state index contributed by atoms with van der Waals surface area (Å²) < 4.78 is 0. The van der Waals surface area contributed by atoms with E-state index >= 15 is 0 Å². The van der Waals surface area contributed by atoms with Gasteiger partial charge in [0.05, 0.1) is 0 Å². The summed E-state index contributed by atoms with van der Waals surface area (Å²) in [5, 5.41) is 10.5. The van der Waals surface area contributed by atoms with Gasteiger partial charge in [-0.2, -0.15) is 0 Å². The average Bonchev–Trinajstić information content (AvgIpc) is 2.78. The molecule has 5 aromatic rings. The van der Waals surface area contributed by atoms with Crippen LogP contribution in [0.25, 0.3) is 43.1 Å². The van der Waals surface area contributed by atoms with Crippen molar-refractivity contribution in [2.24, 2.45) is 0 Å². The van der Waals surface area contributed by atoms with Crippen molar-refractivity contribution in [3.8, 4) is 0 Å². The molecule has 0 heteroatoms. The van der Waals surface area contributed by atoms with Crippen molar-refractivity contribution >= 4 is 43.1 Å². The second kappa shape index (κ2) is 7.64. The molecule has 1 fully saturated rings. The van der Waals surface area contributed by atoms with Crippen LogP contribution in [0, 0.1) is 0 Å². The molecule has 0 bridgehead atoms. The molecule has 0 unspecified atom stereocenters. The van der Waals surface area contributed by atoms with Crippen LogP contribution in [-0.4, -0.2) is 0 Å². The Bertz CT molecular complexity index is 1150. The maximum absolute atomic E-state index is 2.32. The highest BCUT2D eigenvalue weighted by Crippen LogP contribution is 2.32. The Labute approximate surface area is 166 Å². The highest BCUT2D eigenvalue weighted by molar-refractivity contribution is 6.15. The van der Waals surface area contributed by atoms with E-state index in [9.17, 15) is 0 Å². The number of fused-ring (bicyclic) bond motifs is 5. The molecule has 0 amide bonds. The van der Waals surface area contributed by atoms with Crippen LogP contribution in [0.1, 0.15) is 38.5 Å². The first-order valence-corrected chi connectivity index (χ1v) is 10.6. The molecule has 0 radical (unpaired) electrons. The van der Waals surface area contributed by atoms with Gasteiger partial charge in [-0.25, -0.2) is 0 Å². The first-order chi connectivity index (χ1) is 13.9. The van der Waals surface area contributed by atoms with E-state index in [1.165, 1.54) is 81.6 Å². The van der Waals surface area contributed by atoms with E-state index in [2.05, 4.69) is 84.9 Å². The number of hydrogen-bond acceptors (Lipinski definition) is 0. The van der Waals surface area contributed by atoms with Gasteiger partial charge in [-0.3, -0.25) is 0 Å². The van der Waals surface area contributed by atoms with Crippen molar-refractivity contribution < 1.29 is 0 Å². The minimum Gasteiger partial charge on any atom is -0.0616 e. The third kappa shape index (κ3) is 3.36. The molecule has 1 aliphatic carbocycles. The van der Waals surface area contributed by atoms with E-state index in [0.717, 1.165) is 0 Å². The van der Waals surface area contributed by atoms with Crippen molar-refractivity contribution in [1.29, 1.82) is 0 Å². The molecule has 0 nitrogen and oxygen atoms in total. The molecule has 138 valence electrons. The maximum atomic E-state index is 2.32. The molecule has 1 aliphatic rings. The fraction of sp³-hybridized carbons (Fsp3) is 0.214. The van der Waals surface area contributed by atoms with Crippen LogP contribution in [0.3, 0.4) is 0 Å². The summed E-state index contributed by atoms with van der Waals surface area (Å²) in [7, 11) is 0. The zero-order valence-corrected chi connectivity index (χ0v) is 16.3. The molecular formula is C28H26. The molecule has 5 aromatic carbocycles. The summed E-state index contributed by atoms with van der Waals surface area (Å²) in [6, 6.07) is 30.8. The third-order valence-electron chi connectivity index (χ3n) is 6.07. The first-order valence-electron chi connectivity index (χ1n) is 10.6. The van der Waals surface area contributed by atoms with Gasteiger partial charge in [0.1, 0.15) is 0 Å². The molecule has 28 heavy (non-hydrogen) atoms. The largest absolute Gasteiger partial charge is 0.0616 e. The maximum Gasteiger partial charge on any atom is -0.00988 e. The van der Waals surface area contributed by atoms with E-state index in [4.69, 9.17) is 0 Å². The first kappa shape index (κ1) is 17.3. The van der Waals surface area contributed by atoms with E-state index < -0.39 is 0 Å². The lowest BCUT2D eigenvalue weighted by Gasteiger charge is -2.08. The topological polar surface area (TPSA) is 0 Å². The molecule has 1 saturated carbocycles. The lowest BCUT2D eigenvalue weighted by Crippen LogP contribution is -1.85. The Morgan fingerprint density at radius 1 is 0.321 bits per heavy atom. The summed E-state index contributed by atoms with van der Waals surface area (Å²) in [5.41, 5.74) is 0. The fourth-order valence-corrected chi connectivity index (χ4v) is 4.50. The quantitative estimate of drug-likeness (QED) is 0.191. The highest BCUT2D eigenvalue weighted by Gasteiger charge is 2.04. The van der Waals surface area contributed by atoms with Crippen LogP contribution in [0.15, 0.2) is 84.9 Å². The van der Waals surface area contributed by atoms with Crippen molar-refractivity contribution in [2.45, 2.75) is 38.5 Å². The van der Waals surface area contributed by atoms with Crippen LogP contribution < -0.4 is 0 Å². The minimum atomic E-state index is 1.30. The summed E-state index contributed by atoms with van der Waals surface area (Å²) in [5.74, 6) is 0. The van der Waals surface area contributed by atoms with Crippen molar-refractivity contribution in [3.63, 3.8) is 0 Å². The molecule has 0 aliphatic heterocycles. The van der Waals surface area contributed by atoms with Gasteiger partial charge in [0, 0.05) is 0 Å². The fourth-order valence-electron chi connectivity index (χ4n) is 4.50. The predicted octanol–water partition coefficient (Wildman–Crippen LogP) is 8.64. The van der Waals surface area contributed by atoms with Crippen molar-refractivity contribution in [1.82, 2.24) is 0 Å². The SMILES string of the molecule is C1CCCCC1.c1ccc2cc3c(ccc4cc5ccccc5cc43)cc2c1. The van der Waals surface area contributed by atoms with Gasteiger partial charge in [0.25, 0.3) is 0 Å². The Balaban J connectivity index is 0.000000246. The normalized spacial score (nSPS) is 14.3. The number of hydrogen-bond donors (Lipinski definition) is 0. The van der Waals surface area contributed by atoms with Gasteiger partial charge in [-0.1, -0.05) is 99.2 Å². The second-order valence-corrected chi connectivity index (χ2v) is 8.03. The molecule has 0 heterocycles. The van der Waals surface area contributed by atoms with Gasteiger partial charge in [0.15, 0.2) is 0 Å². The number of benzene rings is 5. The van der Waals surface area contributed by atoms with Crippen LogP contribution in [0.4, 0.5) is 0 Å². The van der Waals surface area contributed by atoms with Gasteiger partial charge in [-0.15, -0.1) is 0 Å². The standard InChI is InChI=1S/C22H14.C6H12/c1-3-7-17-13-21-19(11-15(17)5-1)9-10-20-12-16-6-2-4-8-18(16)14-22(20)21;1-2-4-6-5-3-1/h1-14H;1-6H2. The van der Waals surface area contributed by atoms with E-state index in [1.807, 2.05) is 0 Å². The second-order valence-electron chi connectivity index (χ2n) is 8.03. The molecule has 0 aromatic heterocycles. The summed E-state index contributed by atoms with van der Waals surface area (Å²) in [4.78, 5) is 0. The summed E-state index contributed by atoms with van der Waals surface area (Å²) >= 11 is 0. The molecule has 0 N–H and O–H groups in total. The van der Waals surface area contributed by atoms with Crippen molar-refractivity contribution in [2.75, 3.05) is 0 Å². The highest BCUT2D eigenvalue weighted by atomic mass is 14.1. The van der Waals surface area contributed by atoms with Gasteiger partial charge in [-0.05, 0) is 67.4 Å². The lowest BCUT2D eigenvalue weighted by atomic mass is 9.96. The van der Waals surface area contributed by atoms with Gasteiger partial charge < -0.3 is 0 Å². The summed E-state index contributed by atoms with van der Waals surface area (Å²) in [6.45, 7) is 0. The van der Waals surface area contributed by atoms with Gasteiger partial charge in [0.2, 0.25) is 0 Å². The van der Waals surface area contributed by atoms with E-state index in [-0.39, 0.29) is 0 Å². The average molecular weight is 363 g/mol. The Morgan fingerprint density at radius 3 is 1.00 bits per heavy atom. The van der Waals surface area contributed by atoms with E-state index in [1.54, 1.807) is 0 Å². The molecular weight excluding hydrogens is 336 g/mol. The Morgan fingerprint density at radius 2 is 0.643 bits per heavy atom. The zero-order chi connectivity index (χ0) is 18.8. The third-order valence-corrected chi connectivity index (χ3v) is 6.07. The molecule has 0 saturated heterocycles. The van der Waals surface area contributed by atoms with Crippen molar-refractivity contribution in [3.05, 3.63) is 84.9 Å². The minimum absolute atomic E-state index is 1.30. The van der Waals surface area contributed by atoms with Crippen LogP contribution in [-0.2, 0) is 0 Å². The Hall–Kier alpha value is -2.86. The smallest absolute Gasteiger partial charge is 0.00988 e. The lowest BCUT2D eigenvalue weighted by molar-refractivity contribution is 0.504. The monoisotopic (exact) mass is 362 g/mol. The predicted molar refractivity (Wildman–Crippen MR) is 124 cm³/mol. The molecule has 0 spiro atoms. The molecule has 0 atom stereocenters. The van der Waals surface area contributed by atoms with Crippen LogP contribution in [0.2, 0.25) is 0 Å². The van der Waals surface area contributed by atoms with E-state index in [0.29, 0.717) is 0 Å². The van der Waals surface area contributed by atoms with Crippen LogP contribution >= 0.6 is 0 Å². The zero-order valence-electron chi connectivity index (χ0n) is 16.3. The van der Waals surface area contributed by atoms with Gasteiger partial charge >= 0.3 is 0 Å². The van der Waals surface area contributed by atoms with Crippen LogP contribution in [0.5, 0.6) is 0 Å². The molecule has 6 rings (SSSR count). The summed E-state index contributed by atoms with van der Waals surface area (Å²) in [6.07, 6.45) is 9.00.